The molecule has 0 amide bonds. The molecule has 1 heterocycles. The minimum atomic E-state index is -0.296. The molecule has 3 aromatic rings. The average Bonchev–Trinajstić information content (AvgIpc) is 3.56. The number of imidazole rings is 1. The summed E-state index contributed by atoms with van der Waals surface area (Å²) >= 11 is 0. The van der Waals surface area contributed by atoms with Gasteiger partial charge in [0.2, 0.25) is 5.88 Å². The van der Waals surface area contributed by atoms with Gasteiger partial charge in [0.1, 0.15) is 5.69 Å². The van der Waals surface area contributed by atoms with E-state index in [1.807, 2.05) is 36.4 Å². The first-order valence-electron chi connectivity index (χ1n) is 9.79. The Bertz CT molecular complexity index is 1160. The highest BCUT2D eigenvalue weighted by molar-refractivity contribution is 5.97. The molecule has 0 radical (unpaired) electrons. The second kappa shape index (κ2) is 7.98. The van der Waals surface area contributed by atoms with Crippen LogP contribution in [-0.4, -0.2) is 27.1 Å². The van der Waals surface area contributed by atoms with Crippen LogP contribution in [0.4, 0.5) is 11.4 Å². The molecule has 1 aliphatic rings. The number of nitrogens with zero attached hydrogens (tertiary/aromatic N) is 3. The van der Waals surface area contributed by atoms with Gasteiger partial charge >= 0.3 is 5.69 Å². The number of nitrogens with one attached hydrogen (secondary N) is 2. The van der Waals surface area contributed by atoms with Crippen molar-refractivity contribution in [3.63, 3.8) is 0 Å². The molecule has 1 aliphatic carbocycles. The third-order valence-corrected chi connectivity index (χ3v) is 5.49. The zero-order valence-electron chi connectivity index (χ0n) is 16.6. The molecule has 0 bridgehead atoms. The molecule has 0 spiro atoms. The van der Waals surface area contributed by atoms with Crippen LogP contribution >= 0.6 is 0 Å². The maximum absolute atomic E-state index is 12.1. The van der Waals surface area contributed by atoms with E-state index in [4.69, 9.17) is 5.53 Å². The number of hydrogen-bond acceptors (Lipinski definition) is 6. The van der Waals surface area contributed by atoms with Gasteiger partial charge in [-0.15, -0.1) is 0 Å². The van der Waals surface area contributed by atoms with Gasteiger partial charge < -0.3 is 10.4 Å². The van der Waals surface area contributed by atoms with Gasteiger partial charge in [-0.3, -0.25) is 13.9 Å². The van der Waals surface area contributed by atoms with Gasteiger partial charge in [-0.05, 0) is 41.5 Å². The minimum absolute atomic E-state index is 0.0886. The largest absolute Gasteiger partial charge is 0.493 e. The lowest BCUT2D eigenvalue weighted by molar-refractivity contribution is 0.112. The molecule has 30 heavy (non-hydrogen) atoms. The Hall–Kier alpha value is -3.68. The fraction of sp³-hybridized carbons (Fsp3) is 0.273. The molecule has 2 aromatic carbocycles. The highest BCUT2D eigenvalue weighted by Crippen LogP contribution is 2.37. The Kier molecular flexibility index (Phi) is 5.22. The van der Waals surface area contributed by atoms with Crippen molar-refractivity contribution >= 4 is 17.7 Å². The summed E-state index contributed by atoms with van der Waals surface area (Å²) in [6, 6.07) is 11.2. The summed E-state index contributed by atoms with van der Waals surface area (Å²) < 4.78 is 2.61. The number of aldehydes is 1. The molecule has 0 atom stereocenters. The van der Waals surface area contributed by atoms with E-state index in [9.17, 15) is 14.7 Å². The van der Waals surface area contributed by atoms with Crippen LogP contribution in [0.15, 0.2) is 52.5 Å². The number of rotatable bonds is 8. The number of benzene rings is 2. The highest BCUT2D eigenvalue weighted by Gasteiger charge is 2.22. The Morgan fingerprint density at radius 1 is 1.23 bits per heavy atom. The summed E-state index contributed by atoms with van der Waals surface area (Å²) in [6.45, 7) is 1.15. The van der Waals surface area contributed by atoms with Crippen LogP contribution in [0.1, 0.15) is 28.8 Å². The Labute approximate surface area is 173 Å². The second-order valence-electron chi connectivity index (χ2n) is 7.63. The third-order valence-electron chi connectivity index (χ3n) is 5.49. The minimum Gasteiger partial charge on any atom is -0.493 e. The molecular weight excluding hydrogens is 382 g/mol. The van der Waals surface area contributed by atoms with Crippen LogP contribution in [0.25, 0.3) is 11.1 Å². The van der Waals surface area contributed by atoms with E-state index in [-0.39, 0.29) is 11.6 Å². The monoisotopic (exact) mass is 405 g/mol. The van der Waals surface area contributed by atoms with Crippen molar-refractivity contribution in [3.05, 3.63) is 64.2 Å². The fourth-order valence-corrected chi connectivity index (χ4v) is 3.49. The van der Waals surface area contributed by atoms with E-state index >= 15 is 0 Å². The Morgan fingerprint density at radius 3 is 2.53 bits per heavy atom. The first-order chi connectivity index (χ1) is 14.5. The summed E-state index contributed by atoms with van der Waals surface area (Å²) in [7, 11) is 1.51. The number of aromatic nitrogens is 2. The molecule has 1 saturated carbocycles. The average molecular weight is 405 g/mol. The van der Waals surface area contributed by atoms with E-state index in [2.05, 4.69) is 10.4 Å². The molecule has 0 aliphatic heterocycles. The van der Waals surface area contributed by atoms with Gasteiger partial charge in [-0.2, -0.15) is 5.11 Å². The fourth-order valence-electron chi connectivity index (χ4n) is 3.49. The summed E-state index contributed by atoms with van der Waals surface area (Å²) in [6.07, 6.45) is 4.56. The molecule has 8 heteroatoms. The zero-order valence-corrected chi connectivity index (χ0v) is 16.6. The number of anilines is 1. The number of carbonyl (C=O) groups is 1. The standard InChI is InChI=1S/C22H23N5O3/c1-26-20(29)12-27(22(26)30)11-15-4-6-16(7-5-15)17-8-9-19(24-10-14-2-3-14)21(25-23)18(17)13-28/h4-9,12-14,23-24,29H,2-3,10-11H2,1H3. The van der Waals surface area contributed by atoms with Crippen LogP contribution in [0.2, 0.25) is 0 Å². The smallest absolute Gasteiger partial charge is 0.331 e. The van der Waals surface area contributed by atoms with E-state index < -0.39 is 0 Å². The van der Waals surface area contributed by atoms with Crippen molar-refractivity contribution in [2.45, 2.75) is 19.4 Å². The van der Waals surface area contributed by atoms with Crippen LogP contribution in [0.5, 0.6) is 5.88 Å². The molecule has 1 fully saturated rings. The van der Waals surface area contributed by atoms with Gasteiger partial charge in [-0.25, -0.2) is 10.3 Å². The van der Waals surface area contributed by atoms with Crippen LogP contribution in [0, 0.1) is 11.4 Å². The maximum atomic E-state index is 12.1. The summed E-state index contributed by atoms with van der Waals surface area (Å²) in [5, 5.41) is 16.6. The van der Waals surface area contributed by atoms with Gasteiger partial charge in [0.25, 0.3) is 0 Å². The van der Waals surface area contributed by atoms with Crippen molar-refractivity contribution in [2.75, 3.05) is 11.9 Å². The van der Waals surface area contributed by atoms with E-state index in [0.29, 0.717) is 35.0 Å². The molecule has 1 aromatic heterocycles. The SMILES string of the molecule is Cn1c(O)cn(Cc2ccc(-c3ccc(NCC4CC4)c(N=N)c3C=O)cc2)c1=O. The summed E-state index contributed by atoms with van der Waals surface area (Å²) in [5.74, 6) is 0.573. The van der Waals surface area contributed by atoms with Gasteiger partial charge in [-0.1, -0.05) is 30.3 Å². The number of aromatic hydroxyl groups is 1. The molecular formula is C22H23N5O3. The van der Waals surface area contributed by atoms with Crippen molar-refractivity contribution < 1.29 is 9.90 Å². The maximum Gasteiger partial charge on any atom is 0.331 e. The van der Waals surface area contributed by atoms with Crippen LogP contribution in [0.3, 0.4) is 0 Å². The third kappa shape index (κ3) is 3.76. The van der Waals surface area contributed by atoms with E-state index in [0.717, 1.165) is 24.0 Å². The first-order valence-corrected chi connectivity index (χ1v) is 9.79. The molecule has 3 N–H and O–H groups in total. The lowest BCUT2D eigenvalue weighted by Crippen LogP contribution is -2.22. The zero-order chi connectivity index (χ0) is 21.3. The van der Waals surface area contributed by atoms with Crippen molar-refractivity contribution in [1.82, 2.24) is 9.13 Å². The summed E-state index contributed by atoms with van der Waals surface area (Å²) in [4.78, 5) is 23.9. The Morgan fingerprint density at radius 2 is 1.97 bits per heavy atom. The van der Waals surface area contributed by atoms with Crippen LogP contribution in [-0.2, 0) is 13.6 Å². The lowest BCUT2D eigenvalue weighted by Gasteiger charge is -2.14. The van der Waals surface area contributed by atoms with E-state index in [1.54, 1.807) is 0 Å². The predicted molar refractivity (Wildman–Crippen MR) is 114 cm³/mol. The second-order valence-corrected chi connectivity index (χ2v) is 7.63. The van der Waals surface area contributed by atoms with E-state index in [1.165, 1.54) is 35.2 Å². The van der Waals surface area contributed by atoms with Gasteiger partial charge in [0.05, 0.1) is 24.0 Å². The van der Waals surface area contributed by atoms with Crippen molar-refractivity contribution in [1.29, 1.82) is 5.53 Å². The normalized spacial score (nSPS) is 13.2. The van der Waals surface area contributed by atoms with Crippen molar-refractivity contribution in [3.8, 4) is 17.0 Å². The van der Waals surface area contributed by atoms with Gasteiger partial charge in [0, 0.05) is 13.6 Å². The molecule has 0 unspecified atom stereocenters. The molecule has 4 rings (SSSR count). The number of hydrogen-bond donors (Lipinski definition) is 3. The van der Waals surface area contributed by atoms with Crippen molar-refractivity contribution in [2.24, 2.45) is 18.1 Å². The van der Waals surface area contributed by atoms with Crippen LogP contribution < -0.4 is 11.0 Å². The topological polar surface area (TPSA) is 112 Å². The Balaban J connectivity index is 1.61. The summed E-state index contributed by atoms with van der Waals surface area (Å²) in [5.41, 5.74) is 11.1. The highest BCUT2D eigenvalue weighted by atomic mass is 16.3. The molecule has 154 valence electrons. The number of carbonyl (C=O) groups excluding carboxylic acids is 1. The van der Waals surface area contributed by atoms with Gasteiger partial charge in [0.15, 0.2) is 6.29 Å². The predicted octanol–water partition coefficient (Wildman–Crippen LogP) is 3.90. The lowest BCUT2D eigenvalue weighted by atomic mass is 9.97. The quantitative estimate of drug-likeness (QED) is 0.390. The molecule has 0 saturated heterocycles. The first kappa shape index (κ1) is 19.6. The molecule has 8 nitrogen and oxygen atoms in total.